The van der Waals surface area contributed by atoms with Gasteiger partial charge in [-0.1, -0.05) is 25.1 Å². The Hall–Kier alpha value is -3.08. The van der Waals surface area contributed by atoms with Crippen LogP contribution in [0.4, 0.5) is 5.82 Å². The minimum absolute atomic E-state index is 0.100. The van der Waals surface area contributed by atoms with Crippen LogP contribution in [0, 0.1) is 0 Å². The van der Waals surface area contributed by atoms with Crippen LogP contribution in [0.1, 0.15) is 36.8 Å². The summed E-state index contributed by atoms with van der Waals surface area (Å²) in [6.45, 7) is 4.08. The van der Waals surface area contributed by atoms with Gasteiger partial charge < -0.3 is 15.1 Å². The summed E-state index contributed by atoms with van der Waals surface area (Å²) < 4.78 is 6.06. The first-order valence-corrected chi connectivity index (χ1v) is 8.68. The van der Waals surface area contributed by atoms with Crippen molar-refractivity contribution in [3.63, 3.8) is 0 Å². The Balaban J connectivity index is 1.81. The molecule has 3 aromatic rings. The number of amides is 1. The summed E-state index contributed by atoms with van der Waals surface area (Å²) in [5.74, 6) is 1.19. The number of anilines is 1. The number of likely N-dealkylation sites (N-methyl/N-ethyl adjacent to an activating group) is 1. The van der Waals surface area contributed by atoms with E-state index in [-0.39, 0.29) is 11.9 Å². The van der Waals surface area contributed by atoms with Crippen molar-refractivity contribution in [1.82, 2.24) is 9.88 Å². The molecule has 0 aliphatic carbocycles. The number of fused-ring (bicyclic) bond motifs is 1. The fourth-order valence-corrected chi connectivity index (χ4v) is 2.99. The largest absolute Gasteiger partial charge is 0.459 e. The number of aryl methyl sites for hydroxylation is 1. The van der Waals surface area contributed by atoms with Gasteiger partial charge in [0, 0.05) is 30.3 Å². The van der Waals surface area contributed by atoms with Gasteiger partial charge in [-0.15, -0.1) is 0 Å². The summed E-state index contributed by atoms with van der Waals surface area (Å²) >= 11 is 0. The van der Waals surface area contributed by atoms with Crippen molar-refractivity contribution < 1.29 is 9.21 Å². The van der Waals surface area contributed by atoms with Crippen LogP contribution in [0.2, 0.25) is 0 Å². The van der Waals surface area contributed by atoms with E-state index in [9.17, 15) is 4.79 Å². The lowest BCUT2D eigenvalue weighted by Gasteiger charge is -2.23. The monoisotopic (exact) mass is 349 g/mol. The zero-order valence-electron chi connectivity index (χ0n) is 15.3. The normalized spacial score (nSPS) is 12.6. The first-order chi connectivity index (χ1) is 12.5. The van der Waals surface area contributed by atoms with E-state index in [0.29, 0.717) is 5.82 Å². The number of rotatable bonds is 5. The number of pyridine rings is 1. The Morgan fingerprint density at radius 2 is 2.08 bits per heavy atom. The summed E-state index contributed by atoms with van der Waals surface area (Å²) in [4.78, 5) is 18.3. The van der Waals surface area contributed by atoms with Crippen molar-refractivity contribution in [3.05, 3.63) is 65.6 Å². The predicted octanol–water partition coefficient (Wildman–Crippen LogP) is 4.21. The van der Waals surface area contributed by atoms with Crippen LogP contribution in [0.15, 0.2) is 53.1 Å². The van der Waals surface area contributed by atoms with Crippen LogP contribution >= 0.6 is 0 Å². The van der Waals surface area contributed by atoms with Crippen LogP contribution < -0.4 is 5.73 Å². The molecule has 0 fully saturated rings. The number of benzene rings is 1. The number of hydrogen-bond donors (Lipinski definition) is 1. The Morgan fingerprint density at radius 1 is 1.31 bits per heavy atom. The Kier molecular flexibility index (Phi) is 5.07. The number of carbonyl (C=O) groups is 1. The number of hydrogen-bond acceptors (Lipinski definition) is 4. The summed E-state index contributed by atoms with van der Waals surface area (Å²) in [7, 11) is 1.78. The van der Waals surface area contributed by atoms with Gasteiger partial charge in [-0.25, -0.2) is 4.98 Å². The number of para-hydroxylation sites is 1. The van der Waals surface area contributed by atoms with Gasteiger partial charge in [-0.3, -0.25) is 4.79 Å². The van der Waals surface area contributed by atoms with E-state index in [1.807, 2.05) is 31.2 Å². The molecule has 0 saturated heterocycles. The lowest BCUT2D eigenvalue weighted by atomic mass is 10.0. The van der Waals surface area contributed by atoms with E-state index >= 15 is 0 Å². The van der Waals surface area contributed by atoms with E-state index in [0.717, 1.165) is 34.3 Å². The molecule has 3 rings (SSSR count). The molecule has 0 aliphatic rings. The number of furan rings is 1. The molecule has 1 unspecified atom stereocenters. The second kappa shape index (κ2) is 7.44. The highest BCUT2D eigenvalue weighted by molar-refractivity contribution is 5.92. The Bertz CT molecular complexity index is 942. The smallest absolute Gasteiger partial charge is 0.246 e. The molecule has 5 heteroatoms. The van der Waals surface area contributed by atoms with E-state index in [2.05, 4.69) is 18.0 Å². The third kappa shape index (κ3) is 3.47. The van der Waals surface area contributed by atoms with E-state index in [1.54, 1.807) is 30.3 Å². The SMILES string of the molecule is CCc1c(C(C)N(C)C(=O)C=Cc2ccc(N)nc2)oc2ccccc12. The Morgan fingerprint density at radius 3 is 2.77 bits per heavy atom. The number of nitrogens with two attached hydrogens (primary N) is 1. The number of nitrogen functional groups attached to an aromatic ring is 1. The average Bonchev–Trinajstić information content (AvgIpc) is 3.04. The van der Waals surface area contributed by atoms with Crippen LogP contribution in [0.5, 0.6) is 0 Å². The zero-order chi connectivity index (χ0) is 18.7. The summed E-state index contributed by atoms with van der Waals surface area (Å²) in [6.07, 6.45) is 5.76. The maximum atomic E-state index is 12.6. The molecular weight excluding hydrogens is 326 g/mol. The first-order valence-electron chi connectivity index (χ1n) is 8.68. The third-order valence-electron chi connectivity index (χ3n) is 4.62. The maximum Gasteiger partial charge on any atom is 0.246 e. The van der Waals surface area contributed by atoms with Crippen molar-refractivity contribution >= 4 is 28.8 Å². The van der Waals surface area contributed by atoms with Crippen LogP contribution in [0.3, 0.4) is 0 Å². The molecule has 0 radical (unpaired) electrons. The lowest BCUT2D eigenvalue weighted by Crippen LogP contribution is -2.28. The first kappa shape index (κ1) is 17.7. The van der Waals surface area contributed by atoms with E-state index in [4.69, 9.17) is 10.2 Å². The second-order valence-corrected chi connectivity index (χ2v) is 6.27. The van der Waals surface area contributed by atoms with Crippen molar-refractivity contribution in [2.75, 3.05) is 12.8 Å². The van der Waals surface area contributed by atoms with Gasteiger partial charge in [0.15, 0.2) is 0 Å². The number of carbonyl (C=O) groups excluding carboxylic acids is 1. The zero-order valence-corrected chi connectivity index (χ0v) is 15.3. The molecule has 1 atom stereocenters. The molecular formula is C21H23N3O2. The van der Waals surface area contributed by atoms with Gasteiger partial charge in [0.1, 0.15) is 17.2 Å². The van der Waals surface area contributed by atoms with Crippen LogP contribution in [-0.4, -0.2) is 22.8 Å². The lowest BCUT2D eigenvalue weighted by molar-refractivity contribution is -0.126. The van der Waals surface area contributed by atoms with Crippen molar-refractivity contribution in [3.8, 4) is 0 Å². The minimum Gasteiger partial charge on any atom is -0.459 e. The number of nitrogens with zero attached hydrogens (tertiary/aromatic N) is 2. The van der Waals surface area contributed by atoms with E-state index < -0.39 is 0 Å². The molecule has 0 saturated carbocycles. The summed E-state index contributed by atoms with van der Waals surface area (Å²) in [5.41, 5.74) is 8.41. The Labute approximate surface area is 153 Å². The minimum atomic E-state index is -0.168. The fraction of sp³-hybridized carbons (Fsp3) is 0.238. The van der Waals surface area contributed by atoms with Crippen molar-refractivity contribution in [2.45, 2.75) is 26.3 Å². The maximum absolute atomic E-state index is 12.6. The summed E-state index contributed by atoms with van der Waals surface area (Å²) in [5, 5.41) is 1.11. The molecule has 0 spiro atoms. The highest BCUT2D eigenvalue weighted by atomic mass is 16.3. The van der Waals surface area contributed by atoms with Gasteiger partial charge in [-0.2, -0.15) is 0 Å². The molecule has 26 heavy (non-hydrogen) atoms. The van der Waals surface area contributed by atoms with Gasteiger partial charge in [0.25, 0.3) is 0 Å². The van der Waals surface area contributed by atoms with Gasteiger partial charge in [0.2, 0.25) is 5.91 Å². The van der Waals surface area contributed by atoms with Crippen molar-refractivity contribution in [1.29, 1.82) is 0 Å². The van der Waals surface area contributed by atoms with Crippen molar-refractivity contribution in [2.24, 2.45) is 0 Å². The molecule has 2 N–H and O–H groups in total. The van der Waals surface area contributed by atoms with Crippen LogP contribution in [0.25, 0.3) is 17.0 Å². The highest BCUT2D eigenvalue weighted by Gasteiger charge is 2.23. The quantitative estimate of drug-likeness (QED) is 0.701. The van der Waals surface area contributed by atoms with Gasteiger partial charge >= 0.3 is 0 Å². The molecule has 0 bridgehead atoms. The average molecular weight is 349 g/mol. The highest BCUT2D eigenvalue weighted by Crippen LogP contribution is 2.32. The molecule has 0 aliphatic heterocycles. The molecule has 2 aromatic heterocycles. The molecule has 134 valence electrons. The van der Waals surface area contributed by atoms with Crippen LogP contribution in [-0.2, 0) is 11.2 Å². The fourth-order valence-electron chi connectivity index (χ4n) is 2.99. The molecule has 1 aromatic carbocycles. The number of aromatic nitrogens is 1. The van der Waals surface area contributed by atoms with Gasteiger partial charge in [-0.05, 0) is 43.2 Å². The third-order valence-corrected chi connectivity index (χ3v) is 4.62. The van der Waals surface area contributed by atoms with E-state index in [1.165, 1.54) is 6.08 Å². The van der Waals surface area contributed by atoms with Gasteiger partial charge in [0.05, 0.1) is 6.04 Å². The molecule has 1 amide bonds. The second-order valence-electron chi connectivity index (χ2n) is 6.27. The summed E-state index contributed by atoms with van der Waals surface area (Å²) in [6, 6.07) is 11.3. The topological polar surface area (TPSA) is 72.4 Å². The molecule has 2 heterocycles. The molecule has 5 nitrogen and oxygen atoms in total. The predicted molar refractivity (Wildman–Crippen MR) is 104 cm³/mol. The standard InChI is InChI=1S/C21H23N3O2/c1-4-16-17-7-5-6-8-18(17)26-21(16)14(2)24(3)20(25)12-10-15-9-11-19(22)23-13-15/h5-14H,4H2,1-3H3,(H2,22,23).